The predicted molar refractivity (Wildman–Crippen MR) is 174 cm³/mol. The van der Waals surface area contributed by atoms with E-state index >= 15 is 0 Å². The van der Waals surface area contributed by atoms with Gasteiger partial charge in [0.2, 0.25) is 0 Å². The Morgan fingerprint density at radius 2 is 1.70 bits per heavy atom. The summed E-state index contributed by atoms with van der Waals surface area (Å²) in [5.74, 6) is -1.69. The van der Waals surface area contributed by atoms with Gasteiger partial charge in [-0.3, -0.25) is 0 Å². The maximum atomic E-state index is 14.2. The second kappa shape index (κ2) is 14.7. The minimum atomic E-state index is -5.00. The lowest BCUT2D eigenvalue weighted by molar-refractivity contribution is -0.143. The van der Waals surface area contributed by atoms with Gasteiger partial charge < -0.3 is 19.1 Å². The van der Waals surface area contributed by atoms with Gasteiger partial charge in [-0.05, 0) is 75.1 Å². The third-order valence-corrected chi connectivity index (χ3v) is 7.61. The quantitative estimate of drug-likeness (QED) is 0.128. The Balaban J connectivity index is 1.38. The number of pyridine rings is 1. The number of benzene rings is 2. The first kappa shape index (κ1) is 36.0. The number of amides is 1. The van der Waals surface area contributed by atoms with Crippen LogP contribution in [0.1, 0.15) is 73.3 Å². The molecule has 0 unspecified atom stereocenters. The zero-order valence-electron chi connectivity index (χ0n) is 27.8. The molecule has 4 aromatic rings. The zero-order valence-corrected chi connectivity index (χ0v) is 27.8. The molecular formula is C36H35F5N4O5. The highest BCUT2D eigenvalue weighted by Gasteiger charge is 2.41. The minimum absolute atomic E-state index is 0.0429. The molecule has 50 heavy (non-hydrogen) atoms. The summed E-state index contributed by atoms with van der Waals surface area (Å²) in [5, 5.41) is 3.76. The SMILES string of the molecule is CCOC(=O)c1cnn(-c2cccc(-c3cccc(C(F)F)c3OCc3ccc(C4=CCN(C(=O)OC(C)(C)C)CC4)cc3)n2)c1C(F)(F)F. The van der Waals surface area contributed by atoms with E-state index in [2.05, 4.69) is 10.1 Å². The molecule has 0 spiro atoms. The topological polar surface area (TPSA) is 95.8 Å². The van der Waals surface area contributed by atoms with Crippen LogP contribution >= 0.6 is 0 Å². The molecule has 0 N–H and O–H groups in total. The van der Waals surface area contributed by atoms with Gasteiger partial charge >= 0.3 is 18.2 Å². The van der Waals surface area contributed by atoms with E-state index in [0.717, 1.165) is 17.3 Å². The van der Waals surface area contributed by atoms with Crippen molar-refractivity contribution in [1.29, 1.82) is 0 Å². The molecule has 0 radical (unpaired) electrons. The minimum Gasteiger partial charge on any atom is -0.488 e. The molecular weight excluding hydrogens is 663 g/mol. The number of hydrogen-bond donors (Lipinski definition) is 0. The van der Waals surface area contributed by atoms with Crippen LogP contribution in [0.2, 0.25) is 0 Å². The molecule has 0 bridgehead atoms. The van der Waals surface area contributed by atoms with Gasteiger partial charge in [-0.25, -0.2) is 28.0 Å². The number of hydrogen-bond acceptors (Lipinski definition) is 7. The summed E-state index contributed by atoms with van der Waals surface area (Å²) in [6.45, 7) is 7.56. The van der Waals surface area contributed by atoms with Gasteiger partial charge in [0.25, 0.3) is 6.43 Å². The number of nitrogens with zero attached hydrogens (tertiary/aromatic N) is 4. The van der Waals surface area contributed by atoms with E-state index in [1.807, 2.05) is 39.0 Å². The summed E-state index contributed by atoms with van der Waals surface area (Å²) in [6.07, 6.45) is -4.96. The molecule has 2 aromatic carbocycles. The molecule has 3 heterocycles. The highest BCUT2D eigenvalue weighted by atomic mass is 19.4. The van der Waals surface area contributed by atoms with E-state index in [1.54, 1.807) is 17.0 Å². The Morgan fingerprint density at radius 1 is 0.980 bits per heavy atom. The van der Waals surface area contributed by atoms with Crippen molar-refractivity contribution in [2.45, 2.75) is 58.9 Å². The highest BCUT2D eigenvalue weighted by molar-refractivity contribution is 5.90. The Morgan fingerprint density at radius 3 is 2.32 bits per heavy atom. The van der Waals surface area contributed by atoms with E-state index in [-0.39, 0.29) is 42.1 Å². The number of ether oxygens (including phenoxy) is 3. The summed E-state index contributed by atoms with van der Waals surface area (Å²) >= 11 is 0. The zero-order chi connectivity index (χ0) is 36.2. The lowest BCUT2D eigenvalue weighted by atomic mass is 9.98. The maximum Gasteiger partial charge on any atom is 0.434 e. The number of carbonyl (C=O) groups is 2. The Bertz CT molecular complexity index is 1880. The summed E-state index contributed by atoms with van der Waals surface area (Å²) in [6, 6.07) is 15.5. The third kappa shape index (κ3) is 8.29. The van der Waals surface area contributed by atoms with E-state index in [9.17, 15) is 31.5 Å². The Kier molecular flexibility index (Phi) is 10.6. The molecule has 1 aliphatic heterocycles. The van der Waals surface area contributed by atoms with Gasteiger partial charge in [0.1, 0.15) is 23.5 Å². The normalized spacial score (nSPS) is 13.6. The molecule has 0 fully saturated rings. The fourth-order valence-corrected chi connectivity index (χ4v) is 5.33. The maximum absolute atomic E-state index is 14.2. The Hall–Kier alpha value is -5.27. The van der Waals surface area contributed by atoms with Crippen LogP contribution in [0, 0.1) is 0 Å². The number of halogens is 5. The molecule has 14 heteroatoms. The number of aromatic nitrogens is 3. The molecule has 1 amide bonds. The van der Waals surface area contributed by atoms with E-state index in [4.69, 9.17) is 14.2 Å². The van der Waals surface area contributed by atoms with Gasteiger partial charge in [-0.2, -0.15) is 18.3 Å². The van der Waals surface area contributed by atoms with Gasteiger partial charge in [0.15, 0.2) is 11.5 Å². The fourth-order valence-electron chi connectivity index (χ4n) is 5.33. The monoisotopic (exact) mass is 698 g/mol. The third-order valence-electron chi connectivity index (χ3n) is 7.61. The first-order valence-electron chi connectivity index (χ1n) is 15.8. The van der Waals surface area contributed by atoms with Crippen LogP contribution in [0.25, 0.3) is 22.6 Å². The van der Waals surface area contributed by atoms with Gasteiger partial charge in [0.05, 0.1) is 24.1 Å². The molecule has 0 saturated heterocycles. The van der Waals surface area contributed by atoms with Crippen molar-refractivity contribution in [3.05, 3.63) is 101 Å². The second-order valence-corrected chi connectivity index (χ2v) is 12.3. The highest BCUT2D eigenvalue weighted by Crippen LogP contribution is 2.39. The molecule has 9 nitrogen and oxygen atoms in total. The number of carbonyl (C=O) groups excluding carboxylic acids is 2. The van der Waals surface area contributed by atoms with Crippen LogP contribution in [0.5, 0.6) is 5.75 Å². The number of para-hydroxylation sites is 1. The van der Waals surface area contributed by atoms with Crippen LogP contribution < -0.4 is 4.74 Å². The molecule has 0 aliphatic carbocycles. The summed E-state index contributed by atoms with van der Waals surface area (Å²) < 4.78 is 87.4. The lowest BCUT2D eigenvalue weighted by Gasteiger charge is -2.29. The first-order valence-corrected chi connectivity index (χ1v) is 15.8. The van der Waals surface area contributed by atoms with E-state index in [1.165, 1.54) is 43.3 Å². The average Bonchev–Trinajstić information content (AvgIpc) is 3.54. The van der Waals surface area contributed by atoms with Crippen molar-refractivity contribution in [3.63, 3.8) is 0 Å². The van der Waals surface area contributed by atoms with Crippen molar-refractivity contribution < 1.29 is 45.8 Å². The van der Waals surface area contributed by atoms with E-state index in [0.29, 0.717) is 29.8 Å². The van der Waals surface area contributed by atoms with E-state index < -0.39 is 41.0 Å². The number of esters is 1. The lowest BCUT2D eigenvalue weighted by Crippen LogP contribution is -2.39. The van der Waals surface area contributed by atoms with Crippen molar-refractivity contribution in [2.24, 2.45) is 0 Å². The van der Waals surface area contributed by atoms with Crippen LogP contribution in [0.4, 0.5) is 26.7 Å². The molecule has 0 saturated carbocycles. The summed E-state index contributed by atoms with van der Waals surface area (Å²) in [4.78, 5) is 30.6. The Labute approximate surface area is 285 Å². The standard InChI is InChI=1S/C36H35F5N4O5/c1-5-48-33(46)27-20-42-45(31(27)36(39,40)41)29-11-7-10-28(43-29)25-8-6-9-26(32(37)38)30(25)49-21-22-12-14-23(15-13-22)24-16-18-44(19-17-24)34(47)50-35(2,3)4/h6-16,20,32H,5,17-19,21H2,1-4H3. The average molecular weight is 699 g/mol. The van der Waals surface area contributed by atoms with Crippen LogP contribution in [-0.2, 0) is 22.3 Å². The fraction of sp³-hybridized carbons (Fsp3) is 0.333. The van der Waals surface area contributed by atoms with Gasteiger partial charge in [-0.15, -0.1) is 0 Å². The molecule has 5 rings (SSSR count). The van der Waals surface area contributed by atoms with Crippen molar-refractivity contribution in [3.8, 4) is 22.8 Å². The summed E-state index contributed by atoms with van der Waals surface area (Å²) in [5.41, 5.74) is -0.355. The van der Waals surface area contributed by atoms with Gasteiger partial charge in [-0.1, -0.05) is 42.5 Å². The first-order chi connectivity index (χ1) is 23.7. The predicted octanol–water partition coefficient (Wildman–Crippen LogP) is 8.67. The smallest absolute Gasteiger partial charge is 0.434 e. The van der Waals surface area contributed by atoms with Crippen molar-refractivity contribution >= 4 is 17.6 Å². The van der Waals surface area contributed by atoms with Crippen LogP contribution in [-0.4, -0.2) is 57.0 Å². The molecule has 0 atom stereocenters. The largest absolute Gasteiger partial charge is 0.488 e. The van der Waals surface area contributed by atoms with Crippen LogP contribution in [0.3, 0.4) is 0 Å². The van der Waals surface area contributed by atoms with Crippen molar-refractivity contribution in [2.75, 3.05) is 19.7 Å². The van der Waals surface area contributed by atoms with Gasteiger partial charge in [0, 0.05) is 18.7 Å². The number of alkyl halides is 5. The molecule has 2 aromatic heterocycles. The second-order valence-electron chi connectivity index (χ2n) is 12.3. The van der Waals surface area contributed by atoms with Crippen molar-refractivity contribution in [1.82, 2.24) is 19.7 Å². The number of rotatable bonds is 9. The van der Waals surface area contributed by atoms with Crippen LogP contribution in [0.15, 0.2) is 72.9 Å². The summed E-state index contributed by atoms with van der Waals surface area (Å²) in [7, 11) is 0. The molecule has 1 aliphatic rings. The molecule has 264 valence electrons.